The molecule has 1 aliphatic heterocycles. The number of aryl methyl sites for hydroxylation is 2. The molecule has 6 heteroatoms. The molecule has 1 fully saturated rings. The second kappa shape index (κ2) is 6.01. The molecule has 0 saturated carbocycles. The Balaban J connectivity index is 2.11. The van der Waals surface area contributed by atoms with E-state index in [1.54, 1.807) is 11.8 Å². The minimum absolute atomic E-state index is 0.130. The van der Waals surface area contributed by atoms with E-state index in [-0.39, 0.29) is 5.25 Å². The summed E-state index contributed by atoms with van der Waals surface area (Å²) in [5.41, 5.74) is 1.93. The summed E-state index contributed by atoms with van der Waals surface area (Å²) in [5.74, 6) is 2.56. The molecule has 0 aliphatic carbocycles. The Kier molecular flexibility index (Phi) is 4.83. The summed E-state index contributed by atoms with van der Waals surface area (Å²) in [4.78, 5) is 12.4. The van der Waals surface area contributed by atoms with Crippen LogP contribution in [0, 0.1) is 6.92 Å². The van der Waals surface area contributed by atoms with Crippen LogP contribution in [0.3, 0.4) is 0 Å². The van der Waals surface area contributed by atoms with Gasteiger partial charge in [-0.25, -0.2) is 0 Å². The number of thioether (sulfide) groups is 2. The zero-order chi connectivity index (χ0) is 13.3. The van der Waals surface area contributed by atoms with Gasteiger partial charge in [0.25, 0.3) is 0 Å². The largest absolute Gasteiger partial charge is 0.298 e. The molecule has 1 aromatic heterocycles. The molecule has 0 bridgehead atoms. The maximum atomic E-state index is 12.4. The Labute approximate surface area is 125 Å². The summed E-state index contributed by atoms with van der Waals surface area (Å²) in [6.07, 6.45) is 0.473. The van der Waals surface area contributed by atoms with E-state index in [2.05, 4.69) is 28.0 Å². The summed E-state index contributed by atoms with van der Waals surface area (Å²) in [5, 5.41) is 4.88. The van der Waals surface area contributed by atoms with E-state index < -0.39 is 0 Å². The number of hydrogen-bond donors (Lipinski definition) is 0. The van der Waals surface area contributed by atoms with Crippen LogP contribution in [0.25, 0.3) is 0 Å². The van der Waals surface area contributed by atoms with Gasteiger partial charge in [-0.1, -0.05) is 6.92 Å². The maximum absolute atomic E-state index is 12.4. The van der Waals surface area contributed by atoms with Crippen LogP contribution < -0.4 is 0 Å². The van der Waals surface area contributed by atoms with E-state index in [1.165, 1.54) is 0 Å². The molecule has 2 heterocycles. The number of nitrogens with zero attached hydrogens (tertiary/aromatic N) is 2. The lowest BCUT2D eigenvalue weighted by molar-refractivity contribution is -0.118. The lowest BCUT2D eigenvalue weighted by Crippen LogP contribution is -2.32. The summed E-state index contributed by atoms with van der Waals surface area (Å²) in [6, 6.07) is 0. The molecule has 2 rings (SSSR count). The summed E-state index contributed by atoms with van der Waals surface area (Å²) >= 11 is 7.23. The predicted octanol–water partition coefficient (Wildman–Crippen LogP) is 2.84. The molecule has 0 radical (unpaired) electrons. The fraction of sp³-hybridized carbons (Fsp3) is 0.667. The Hall–Kier alpha value is 0.0600. The van der Waals surface area contributed by atoms with Crippen LogP contribution in [-0.2, 0) is 18.3 Å². The van der Waals surface area contributed by atoms with Gasteiger partial charge in [0.1, 0.15) is 0 Å². The van der Waals surface area contributed by atoms with Crippen LogP contribution in [0.5, 0.6) is 0 Å². The monoisotopic (exact) mass is 348 g/mol. The molecule has 18 heavy (non-hydrogen) atoms. The summed E-state index contributed by atoms with van der Waals surface area (Å²) in [7, 11) is 1.90. The smallest absolute Gasteiger partial charge is 0.152 e. The fourth-order valence-corrected chi connectivity index (χ4v) is 5.33. The van der Waals surface area contributed by atoms with E-state index in [4.69, 9.17) is 0 Å². The summed E-state index contributed by atoms with van der Waals surface area (Å²) < 4.78 is 2.78. The van der Waals surface area contributed by atoms with Gasteiger partial charge in [0.05, 0.1) is 27.5 Å². The van der Waals surface area contributed by atoms with Gasteiger partial charge < -0.3 is 0 Å². The third-order valence-corrected chi connectivity index (χ3v) is 7.28. The molecule has 1 saturated heterocycles. The first-order valence-corrected chi connectivity index (χ1v) is 8.83. The molecule has 0 aromatic carbocycles. The van der Waals surface area contributed by atoms with Gasteiger partial charge in [-0.2, -0.15) is 16.9 Å². The van der Waals surface area contributed by atoms with E-state index in [9.17, 15) is 4.79 Å². The first kappa shape index (κ1) is 14.5. The number of carbonyl (C=O) groups excluding carboxylic acids is 1. The highest BCUT2D eigenvalue weighted by Gasteiger charge is 2.30. The molecule has 2 unspecified atom stereocenters. The highest BCUT2D eigenvalue weighted by molar-refractivity contribution is 9.10. The van der Waals surface area contributed by atoms with Crippen molar-refractivity contribution in [1.82, 2.24) is 9.78 Å². The molecule has 1 aromatic rings. The maximum Gasteiger partial charge on any atom is 0.152 e. The molecule has 100 valence electrons. The predicted molar refractivity (Wildman–Crippen MR) is 82.5 cm³/mol. The van der Waals surface area contributed by atoms with E-state index in [0.717, 1.165) is 27.4 Å². The lowest BCUT2D eigenvalue weighted by atomic mass is 10.1. The van der Waals surface area contributed by atoms with Crippen molar-refractivity contribution in [2.24, 2.45) is 7.05 Å². The van der Waals surface area contributed by atoms with Crippen LogP contribution in [0.1, 0.15) is 18.3 Å². The molecule has 0 amide bonds. The molecule has 3 nitrogen and oxygen atoms in total. The van der Waals surface area contributed by atoms with Gasteiger partial charge in [0.15, 0.2) is 5.78 Å². The first-order chi connectivity index (χ1) is 8.50. The van der Waals surface area contributed by atoms with E-state index >= 15 is 0 Å². The normalized spacial score (nSPS) is 24.2. The van der Waals surface area contributed by atoms with Crippen LogP contribution in [0.4, 0.5) is 0 Å². The topological polar surface area (TPSA) is 34.9 Å². The van der Waals surface area contributed by atoms with Crippen LogP contribution in [0.15, 0.2) is 4.47 Å². The van der Waals surface area contributed by atoms with Crippen molar-refractivity contribution in [1.29, 1.82) is 0 Å². The Bertz CT molecular complexity index is 461. The highest BCUT2D eigenvalue weighted by atomic mass is 79.9. The fourth-order valence-electron chi connectivity index (χ4n) is 2.12. The van der Waals surface area contributed by atoms with Gasteiger partial charge in [-0.3, -0.25) is 9.48 Å². The number of aromatic nitrogens is 2. The van der Waals surface area contributed by atoms with Gasteiger partial charge in [-0.05, 0) is 22.9 Å². The van der Waals surface area contributed by atoms with Gasteiger partial charge in [0, 0.05) is 23.8 Å². The minimum Gasteiger partial charge on any atom is -0.298 e. The molecular formula is C12H17BrN2OS2. The summed E-state index contributed by atoms with van der Waals surface area (Å²) in [6.45, 7) is 4.11. The van der Waals surface area contributed by atoms with Crippen LogP contribution in [-0.4, -0.2) is 37.6 Å². The Morgan fingerprint density at radius 3 is 2.72 bits per heavy atom. The average Bonchev–Trinajstić information content (AvgIpc) is 2.56. The quantitative estimate of drug-likeness (QED) is 0.841. The van der Waals surface area contributed by atoms with Crippen molar-refractivity contribution in [3.8, 4) is 0 Å². The third-order valence-electron chi connectivity index (χ3n) is 3.11. The molecule has 2 atom stereocenters. The number of hydrogen-bond acceptors (Lipinski definition) is 4. The van der Waals surface area contributed by atoms with Crippen LogP contribution >= 0.6 is 39.5 Å². The standard InChI is InChI=1S/C12H17BrN2OS2/c1-7-11(13)9(15(3)14-7)6-10(16)12-8(2)17-4-5-18-12/h8,12H,4-6H2,1-3H3. The molecular weight excluding hydrogens is 332 g/mol. The molecule has 0 N–H and O–H groups in total. The number of carbonyl (C=O) groups is 1. The van der Waals surface area contributed by atoms with Crippen molar-refractivity contribution in [3.05, 3.63) is 15.9 Å². The van der Waals surface area contributed by atoms with Gasteiger partial charge in [-0.15, -0.1) is 11.8 Å². The van der Waals surface area contributed by atoms with Crippen molar-refractivity contribution in [2.75, 3.05) is 11.5 Å². The number of Topliss-reactive ketones (excluding diaryl/α,β-unsaturated/α-hetero) is 1. The van der Waals surface area contributed by atoms with Crippen molar-refractivity contribution >= 4 is 45.2 Å². The van der Waals surface area contributed by atoms with Gasteiger partial charge >= 0.3 is 0 Å². The number of ketones is 1. The lowest BCUT2D eigenvalue weighted by Gasteiger charge is -2.26. The van der Waals surface area contributed by atoms with Crippen molar-refractivity contribution in [2.45, 2.75) is 30.8 Å². The minimum atomic E-state index is 0.130. The third kappa shape index (κ3) is 2.96. The molecule has 1 aliphatic rings. The second-order valence-corrected chi connectivity index (χ2v) is 8.01. The average molecular weight is 349 g/mol. The SMILES string of the molecule is Cc1nn(C)c(CC(=O)C2SCCSC2C)c1Br. The number of rotatable bonds is 3. The first-order valence-electron chi connectivity index (χ1n) is 5.94. The highest BCUT2D eigenvalue weighted by Crippen LogP contribution is 2.32. The van der Waals surface area contributed by atoms with E-state index in [1.807, 2.05) is 30.4 Å². The Morgan fingerprint density at radius 2 is 2.17 bits per heavy atom. The van der Waals surface area contributed by atoms with Gasteiger partial charge in [0.2, 0.25) is 0 Å². The van der Waals surface area contributed by atoms with Crippen molar-refractivity contribution in [3.63, 3.8) is 0 Å². The molecule has 0 spiro atoms. The van der Waals surface area contributed by atoms with Crippen molar-refractivity contribution < 1.29 is 4.79 Å². The Morgan fingerprint density at radius 1 is 1.50 bits per heavy atom. The zero-order valence-corrected chi connectivity index (χ0v) is 14.0. The second-order valence-electron chi connectivity index (χ2n) is 4.48. The van der Waals surface area contributed by atoms with Crippen LogP contribution in [0.2, 0.25) is 0 Å². The number of halogens is 1. The van der Waals surface area contributed by atoms with E-state index in [0.29, 0.717) is 17.5 Å². The zero-order valence-electron chi connectivity index (χ0n) is 10.8.